The van der Waals surface area contributed by atoms with Crippen LogP contribution in [0.25, 0.3) is 0 Å². The van der Waals surface area contributed by atoms with Crippen molar-refractivity contribution in [1.29, 1.82) is 0 Å². The van der Waals surface area contributed by atoms with Crippen LogP contribution < -0.4 is 5.32 Å². The Morgan fingerprint density at radius 3 is 2.33 bits per heavy atom. The molecule has 2 aromatic rings. The topological polar surface area (TPSA) is 12.0 Å². The maximum atomic E-state index is 13.1. The van der Waals surface area contributed by atoms with Crippen LogP contribution >= 0.6 is 0 Å². The van der Waals surface area contributed by atoms with E-state index in [2.05, 4.69) is 43.4 Å². The molecule has 2 aromatic carbocycles. The fraction of sp³-hybridized carbons (Fsp3) is 0.368. The summed E-state index contributed by atoms with van der Waals surface area (Å²) < 4.78 is 13.1. The van der Waals surface area contributed by atoms with Crippen molar-refractivity contribution in [1.82, 2.24) is 5.32 Å². The smallest absolute Gasteiger partial charge is 0.123 e. The van der Waals surface area contributed by atoms with Crippen LogP contribution in [-0.4, -0.2) is 0 Å². The van der Waals surface area contributed by atoms with Crippen LogP contribution in [0.15, 0.2) is 48.5 Å². The highest BCUT2D eigenvalue weighted by Crippen LogP contribution is 2.42. The standard InChI is InChI=1S/C19H22FN/c1-13-5-3-4-6-18(13)14(2)21-19(15-7-8-15)16-9-11-17(20)12-10-16/h3-6,9-12,14-15,19,21H,7-8H2,1-2H3/t14-,19?/m0/s1. The van der Waals surface area contributed by atoms with E-state index in [0.29, 0.717) is 18.0 Å². The second kappa shape index (κ2) is 5.98. The van der Waals surface area contributed by atoms with Crippen molar-refractivity contribution in [3.8, 4) is 0 Å². The van der Waals surface area contributed by atoms with Crippen LogP contribution in [0.2, 0.25) is 0 Å². The predicted molar refractivity (Wildman–Crippen MR) is 84.6 cm³/mol. The van der Waals surface area contributed by atoms with Gasteiger partial charge in [-0.15, -0.1) is 0 Å². The molecule has 0 bridgehead atoms. The molecule has 0 aromatic heterocycles. The predicted octanol–water partition coefficient (Wildman–Crippen LogP) is 4.94. The Balaban J connectivity index is 1.79. The molecule has 0 aliphatic heterocycles. The summed E-state index contributed by atoms with van der Waals surface area (Å²) >= 11 is 0. The van der Waals surface area contributed by atoms with Crippen LogP contribution in [0.1, 0.15) is 48.5 Å². The maximum absolute atomic E-state index is 13.1. The first kappa shape index (κ1) is 14.3. The molecule has 0 radical (unpaired) electrons. The van der Waals surface area contributed by atoms with Crippen molar-refractivity contribution < 1.29 is 4.39 Å². The van der Waals surface area contributed by atoms with E-state index in [4.69, 9.17) is 0 Å². The third-order valence-electron chi connectivity index (χ3n) is 4.41. The lowest BCUT2D eigenvalue weighted by molar-refractivity contribution is 0.426. The zero-order valence-corrected chi connectivity index (χ0v) is 12.6. The molecule has 1 N–H and O–H groups in total. The van der Waals surface area contributed by atoms with E-state index in [1.807, 2.05) is 12.1 Å². The van der Waals surface area contributed by atoms with Gasteiger partial charge in [0.25, 0.3) is 0 Å². The minimum atomic E-state index is -0.166. The van der Waals surface area contributed by atoms with E-state index in [0.717, 1.165) is 0 Å². The van der Waals surface area contributed by atoms with E-state index < -0.39 is 0 Å². The molecule has 1 fully saturated rings. The minimum absolute atomic E-state index is 0.166. The number of benzene rings is 2. The molecular formula is C19H22FN. The van der Waals surface area contributed by atoms with Crippen molar-refractivity contribution in [2.24, 2.45) is 5.92 Å². The Kier molecular flexibility index (Phi) is 4.07. The maximum Gasteiger partial charge on any atom is 0.123 e. The summed E-state index contributed by atoms with van der Waals surface area (Å²) in [6.07, 6.45) is 2.52. The minimum Gasteiger partial charge on any atom is -0.303 e. The quantitative estimate of drug-likeness (QED) is 0.820. The molecule has 0 amide bonds. The molecule has 1 nitrogen and oxygen atoms in total. The average molecular weight is 283 g/mol. The molecule has 0 spiro atoms. The van der Waals surface area contributed by atoms with Crippen LogP contribution in [0, 0.1) is 18.7 Å². The van der Waals surface area contributed by atoms with Crippen LogP contribution in [0.4, 0.5) is 4.39 Å². The molecule has 2 heteroatoms. The van der Waals surface area contributed by atoms with Gasteiger partial charge in [0.15, 0.2) is 0 Å². The fourth-order valence-electron chi connectivity index (χ4n) is 3.04. The van der Waals surface area contributed by atoms with E-state index in [9.17, 15) is 4.39 Å². The molecule has 1 aliphatic rings. The Morgan fingerprint density at radius 2 is 1.71 bits per heavy atom. The average Bonchev–Trinajstić information content (AvgIpc) is 3.31. The van der Waals surface area contributed by atoms with Crippen molar-refractivity contribution in [3.63, 3.8) is 0 Å². The van der Waals surface area contributed by atoms with Crippen LogP contribution in [0.3, 0.4) is 0 Å². The molecule has 110 valence electrons. The second-order valence-corrected chi connectivity index (χ2v) is 6.11. The van der Waals surface area contributed by atoms with E-state index in [1.165, 1.54) is 29.5 Å². The van der Waals surface area contributed by atoms with Crippen molar-refractivity contribution in [3.05, 3.63) is 71.0 Å². The lowest BCUT2D eigenvalue weighted by atomic mass is 9.97. The van der Waals surface area contributed by atoms with Gasteiger partial charge in [-0.25, -0.2) is 4.39 Å². The highest BCUT2D eigenvalue weighted by atomic mass is 19.1. The highest BCUT2D eigenvalue weighted by Gasteiger charge is 2.33. The van der Waals surface area contributed by atoms with Gasteiger partial charge in [-0.2, -0.15) is 0 Å². The summed E-state index contributed by atoms with van der Waals surface area (Å²) in [4.78, 5) is 0. The lowest BCUT2D eigenvalue weighted by Gasteiger charge is -2.25. The molecule has 1 saturated carbocycles. The molecule has 21 heavy (non-hydrogen) atoms. The van der Waals surface area contributed by atoms with Crippen molar-refractivity contribution in [2.75, 3.05) is 0 Å². The highest BCUT2D eigenvalue weighted by molar-refractivity contribution is 5.29. The van der Waals surface area contributed by atoms with Gasteiger partial charge in [0.2, 0.25) is 0 Å². The van der Waals surface area contributed by atoms with Gasteiger partial charge in [0.1, 0.15) is 5.82 Å². The first-order valence-corrected chi connectivity index (χ1v) is 7.72. The zero-order valence-electron chi connectivity index (χ0n) is 12.6. The third-order valence-corrected chi connectivity index (χ3v) is 4.41. The molecule has 1 aliphatic carbocycles. The molecule has 0 heterocycles. The number of hydrogen-bond acceptors (Lipinski definition) is 1. The Bertz CT molecular complexity index is 601. The van der Waals surface area contributed by atoms with Crippen molar-refractivity contribution in [2.45, 2.75) is 38.8 Å². The number of hydrogen-bond donors (Lipinski definition) is 1. The Morgan fingerprint density at radius 1 is 1.05 bits per heavy atom. The molecule has 0 saturated heterocycles. The van der Waals surface area contributed by atoms with Crippen molar-refractivity contribution >= 4 is 0 Å². The summed E-state index contributed by atoms with van der Waals surface area (Å²) in [5.74, 6) is 0.516. The number of aryl methyl sites for hydroxylation is 1. The number of halogens is 1. The van der Waals surface area contributed by atoms with Crippen LogP contribution in [0.5, 0.6) is 0 Å². The fourth-order valence-corrected chi connectivity index (χ4v) is 3.04. The van der Waals surface area contributed by atoms with Gasteiger partial charge in [-0.05, 0) is 61.4 Å². The summed E-state index contributed by atoms with van der Waals surface area (Å²) in [7, 11) is 0. The monoisotopic (exact) mass is 283 g/mol. The van der Waals surface area contributed by atoms with Gasteiger partial charge < -0.3 is 5.32 Å². The Hall–Kier alpha value is -1.67. The first-order valence-electron chi connectivity index (χ1n) is 7.72. The largest absolute Gasteiger partial charge is 0.303 e. The van der Waals surface area contributed by atoms with E-state index in [1.54, 1.807) is 12.1 Å². The molecular weight excluding hydrogens is 261 g/mol. The van der Waals surface area contributed by atoms with Gasteiger partial charge in [-0.3, -0.25) is 0 Å². The molecule has 3 rings (SSSR count). The summed E-state index contributed by atoms with van der Waals surface area (Å²) in [6.45, 7) is 4.36. The molecule has 2 atom stereocenters. The second-order valence-electron chi connectivity index (χ2n) is 6.11. The Labute approximate surface area is 126 Å². The van der Waals surface area contributed by atoms with Crippen LogP contribution in [-0.2, 0) is 0 Å². The van der Waals surface area contributed by atoms with Gasteiger partial charge in [-0.1, -0.05) is 36.4 Å². The summed E-state index contributed by atoms with van der Waals surface area (Å²) in [5, 5.41) is 3.75. The SMILES string of the molecule is Cc1ccccc1[C@H](C)NC(c1ccc(F)cc1)C1CC1. The number of rotatable bonds is 5. The third kappa shape index (κ3) is 3.33. The summed E-state index contributed by atoms with van der Waals surface area (Å²) in [6, 6.07) is 16.1. The number of nitrogens with one attached hydrogen (secondary N) is 1. The zero-order chi connectivity index (χ0) is 14.8. The molecule has 1 unspecified atom stereocenters. The van der Waals surface area contributed by atoms with E-state index >= 15 is 0 Å². The van der Waals surface area contributed by atoms with E-state index in [-0.39, 0.29) is 5.82 Å². The van der Waals surface area contributed by atoms with Gasteiger partial charge in [0, 0.05) is 12.1 Å². The first-order chi connectivity index (χ1) is 10.1. The summed E-state index contributed by atoms with van der Waals surface area (Å²) in [5.41, 5.74) is 3.84. The van der Waals surface area contributed by atoms with Gasteiger partial charge in [0.05, 0.1) is 0 Å². The van der Waals surface area contributed by atoms with Gasteiger partial charge >= 0.3 is 0 Å². The normalized spacial score (nSPS) is 17.5. The lowest BCUT2D eigenvalue weighted by Crippen LogP contribution is -2.26.